The Bertz CT molecular complexity index is 917. The van der Waals surface area contributed by atoms with E-state index in [1.165, 1.54) is 0 Å². The van der Waals surface area contributed by atoms with Gasteiger partial charge in [0.2, 0.25) is 0 Å². The van der Waals surface area contributed by atoms with E-state index in [0.29, 0.717) is 5.39 Å². The summed E-state index contributed by atoms with van der Waals surface area (Å²) in [6, 6.07) is 17.9. The highest BCUT2D eigenvalue weighted by atomic mass is 16.1. The Morgan fingerprint density at radius 3 is 2.48 bits per heavy atom. The lowest BCUT2D eigenvalue weighted by Gasteiger charge is -2.26. The Morgan fingerprint density at radius 1 is 1.04 bits per heavy atom. The van der Waals surface area contributed by atoms with Crippen LogP contribution in [0.3, 0.4) is 0 Å². The summed E-state index contributed by atoms with van der Waals surface area (Å²) < 4.78 is 1.87. The Morgan fingerprint density at radius 2 is 1.74 bits per heavy atom. The summed E-state index contributed by atoms with van der Waals surface area (Å²) in [5.41, 5.74) is 1.95. The first-order valence-corrected chi connectivity index (χ1v) is 8.04. The van der Waals surface area contributed by atoms with Crippen LogP contribution in [0.5, 0.6) is 0 Å². The first-order chi connectivity index (χ1) is 11.2. The average Bonchev–Trinajstić information content (AvgIpc) is 2.88. The molecule has 2 atom stereocenters. The monoisotopic (exact) mass is 305 g/mol. The maximum absolute atomic E-state index is 13.1. The molecule has 2 aromatic carbocycles. The van der Waals surface area contributed by atoms with Gasteiger partial charge < -0.3 is 0 Å². The summed E-state index contributed by atoms with van der Waals surface area (Å²) in [7, 11) is 0. The minimum Gasteiger partial charge on any atom is -0.274 e. The third-order valence-corrected chi connectivity index (χ3v) is 4.73. The molecule has 0 radical (unpaired) electrons. The molecule has 0 fully saturated rings. The number of benzene rings is 2. The second-order valence-corrected chi connectivity index (χ2v) is 5.95. The average molecular weight is 305 g/mol. The third-order valence-electron chi connectivity index (χ3n) is 4.73. The van der Waals surface area contributed by atoms with Crippen molar-refractivity contribution in [2.75, 3.05) is 6.54 Å². The second kappa shape index (κ2) is 5.32. The molecule has 4 heteroatoms. The van der Waals surface area contributed by atoms with Gasteiger partial charge in [-0.25, -0.2) is 4.98 Å². The summed E-state index contributed by atoms with van der Waals surface area (Å²) in [5, 5.41) is 0.683. The molecule has 0 spiro atoms. The Labute approximate surface area is 135 Å². The molecule has 2 heterocycles. The molecule has 0 aliphatic carbocycles. The van der Waals surface area contributed by atoms with Gasteiger partial charge in [0, 0.05) is 0 Å². The van der Waals surface area contributed by atoms with Crippen molar-refractivity contribution in [1.82, 2.24) is 14.5 Å². The van der Waals surface area contributed by atoms with E-state index in [0.717, 1.165) is 23.4 Å². The quantitative estimate of drug-likeness (QED) is 0.729. The summed E-state index contributed by atoms with van der Waals surface area (Å²) >= 11 is 0. The smallest absolute Gasteiger partial charge is 0.263 e. The third kappa shape index (κ3) is 2.02. The van der Waals surface area contributed by atoms with Crippen LogP contribution in [0.15, 0.2) is 59.4 Å². The number of rotatable bonds is 2. The van der Waals surface area contributed by atoms with Crippen molar-refractivity contribution in [2.24, 2.45) is 0 Å². The minimum absolute atomic E-state index is 0.0438. The predicted octanol–water partition coefficient (Wildman–Crippen LogP) is 3.34. The zero-order valence-electron chi connectivity index (χ0n) is 13.3. The molecule has 1 aromatic heterocycles. The van der Waals surface area contributed by atoms with Crippen LogP contribution in [-0.4, -0.2) is 21.0 Å². The van der Waals surface area contributed by atoms with Crippen LogP contribution < -0.4 is 5.56 Å². The molecule has 0 bridgehead atoms. The van der Waals surface area contributed by atoms with E-state index in [1.54, 1.807) is 0 Å². The zero-order valence-corrected chi connectivity index (χ0v) is 13.3. The van der Waals surface area contributed by atoms with Gasteiger partial charge in [0.25, 0.3) is 5.56 Å². The lowest BCUT2D eigenvalue weighted by atomic mass is 10.1. The number of aromatic nitrogens is 2. The first-order valence-electron chi connectivity index (χ1n) is 8.04. The topological polar surface area (TPSA) is 38.1 Å². The van der Waals surface area contributed by atoms with Crippen molar-refractivity contribution >= 4 is 10.9 Å². The second-order valence-electron chi connectivity index (χ2n) is 5.95. The van der Waals surface area contributed by atoms with Gasteiger partial charge in [0.1, 0.15) is 12.0 Å². The molecular weight excluding hydrogens is 286 g/mol. The fourth-order valence-corrected chi connectivity index (χ4v) is 3.62. The van der Waals surface area contributed by atoms with Crippen LogP contribution in [0.4, 0.5) is 0 Å². The molecule has 116 valence electrons. The lowest BCUT2D eigenvalue weighted by Crippen LogP contribution is -2.31. The molecule has 1 aliphatic rings. The van der Waals surface area contributed by atoms with E-state index < -0.39 is 0 Å². The van der Waals surface area contributed by atoms with Crippen LogP contribution in [0, 0.1) is 0 Å². The van der Waals surface area contributed by atoms with Crippen molar-refractivity contribution in [1.29, 1.82) is 0 Å². The van der Waals surface area contributed by atoms with Gasteiger partial charge >= 0.3 is 0 Å². The molecule has 2 unspecified atom stereocenters. The maximum atomic E-state index is 13.1. The Hall–Kier alpha value is -2.46. The molecule has 0 amide bonds. The van der Waals surface area contributed by atoms with Gasteiger partial charge in [-0.2, -0.15) is 0 Å². The van der Waals surface area contributed by atoms with Gasteiger partial charge in [-0.1, -0.05) is 49.4 Å². The van der Waals surface area contributed by atoms with E-state index in [1.807, 2.05) is 47.0 Å². The highest BCUT2D eigenvalue weighted by Crippen LogP contribution is 2.37. The fraction of sp³-hybridized carbons (Fsp3) is 0.263. The number of hydrogen-bond acceptors (Lipinski definition) is 3. The van der Waals surface area contributed by atoms with Crippen LogP contribution in [0.25, 0.3) is 10.9 Å². The number of para-hydroxylation sites is 1. The Balaban J connectivity index is 2.04. The van der Waals surface area contributed by atoms with Crippen molar-refractivity contribution in [3.8, 4) is 0 Å². The van der Waals surface area contributed by atoms with E-state index in [4.69, 9.17) is 4.98 Å². The highest BCUT2D eigenvalue weighted by molar-refractivity contribution is 5.77. The van der Waals surface area contributed by atoms with Crippen LogP contribution in [0.2, 0.25) is 0 Å². The molecule has 0 N–H and O–H groups in total. The Kier molecular flexibility index (Phi) is 3.27. The zero-order chi connectivity index (χ0) is 16.0. The standard InChI is InChI=1S/C19H19N3O/c1-3-21-13(2)17-20-16-12-8-7-11-15(16)19(23)22(17)18(21)14-9-5-4-6-10-14/h4-13,18H,3H2,1-2H3. The summed E-state index contributed by atoms with van der Waals surface area (Å²) in [6.07, 6.45) is -0.0872. The van der Waals surface area contributed by atoms with Crippen LogP contribution in [-0.2, 0) is 0 Å². The summed E-state index contributed by atoms with van der Waals surface area (Å²) in [5.74, 6) is 0.851. The molecule has 0 saturated carbocycles. The molecule has 1 aliphatic heterocycles. The van der Waals surface area contributed by atoms with Crippen molar-refractivity contribution in [2.45, 2.75) is 26.1 Å². The first kappa shape index (κ1) is 14.2. The fourth-order valence-electron chi connectivity index (χ4n) is 3.62. The van der Waals surface area contributed by atoms with E-state index in [2.05, 4.69) is 30.9 Å². The maximum Gasteiger partial charge on any atom is 0.263 e. The van der Waals surface area contributed by atoms with Crippen molar-refractivity contribution in [3.05, 3.63) is 76.3 Å². The largest absolute Gasteiger partial charge is 0.274 e. The van der Waals surface area contributed by atoms with Crippen LogP contribution >= 0.6 is 0 Å². The summed E-state index contributed by atoms with van der Waals surface area (Å²) in [4.78, 5) is 20.2. The molecule has 4 rings (SSSR count). The molecule has 3 aromatic rings. The highest BCUT2D eigenvalue weighted by Gasteiger charge is 2.38. The molecule has 0 saturated heterocycles. The van der Waals surface area contributed by atoms with Gasteiger partial charge in [-0.15, -0.1) is 0 Å². The van der Waals surface area contributed by atoms with Gasteiger partial charge in [-0.05, 0) is 31.2 Å². The predicted molar refractivity (Wildman–Crippen MR) is 91.4 cm³/mol. The van der Waals surface area contributed by atoms with E-state index in [-0.39, 0.29) is 17.8 Å². The molecule has 23 heavy (non-hydrogen) atoms. The number of hydrogen-bond donors (Lipinski definition) is 0. The van der Waals surface area contributed by atoms with Crippen LogP contribution in [0.1, 0.15) is 37.4 Å². The van der Waals surface area contributed by atoms with E-state index in [9.17, 15) is 4.79 Å². The van der Waals surface area contributed by atoms with E-state index >= 15 is 0 Å². The number of nitrogens with zero attached hydrogens (tertiary/aromatic N) is 3. The minimum atomic E-state index is -0.0872. The SMILES string of the molecule is CCN1C(C)c2nc3ccccc3c(=O)n2C1c1ccccc1. The normalized spacial score (nSPS) is 20.8. The molecular formula is C19H19N3O. The lowest BCUT2D eigenvalue weighted by molar-refractivity contribution is 0.178. The van der Waals surface area contributed by atoms with Gasteiger partial charge in [0.05, 0.1) is 16.9 Å². The van der Waals surface area contributed by atoms with Gasteiger partial charge in [0.15, 0.2) is 0 Å². The van der Waals surface area contributed by atoms with Crippen molar-refractivity contribution in [3.63, 3.8) is 0 Å². The van der Waals surface area contributed by atoms with Crippen molar-refractivity contribution < 1.29 is 0 Å². The molecule has 4 nitrogen and oxygen atoms in total. The van der Waals surface area contributed by atoms with Gasteiger partial charge in [-0.3, -0.25) is 14.3 Å². The summed E-state index contributed by atoms with van der Waals surface area (Å²) in [6.45, 7) is 5.11. The number of fused-ring (bicyclic) bond motifs is 2.